The van der Waals surface area contributed by atoms with Gasteiger partial charge in [0.1, 0.15) is 18.7 Å². The molecule has 0 radical (unpaired) electrons. The molecule has 354 valence electrons. The number of rotatable bonds is 12. The van der Waals surface area contributed by atoms with Crippen molar-refractivity contribution in [3.05, 3.63) is 108 Å². The zero-order chi connectivity index (χ0) is 47.0. The molecule has 63 heavy (non-hydrogen) atoms. The number of methoxy groups -OCH3 is 3. The molecule has 3 saturated heterocycles. The molecule has 0 aliphatic carbocycles. The first kappa shape index (κ1) is 57.0. The van der Waals surface area contributed by atoms with Crippen LogP contribution in [0.25, 0.3) is 0 Å². The van der Waals surface area contributed by atoms with Gasteiger partial charge in [0.05, 0.1) is 0 Å². The van der Waals surface area contributed by atoms with Gasteiger partial charge in [-0.05, 0) is 107 Å². The minimum Gasteiger partial charge on any atom is -0.362 e. The van der Waals surface area contributed by atoms with E-state index in [0.717, 1.165) is 51.7 Å². The van der Waals surface area contributed by atoms with Crippen molar-refractivity contribution in [3.63, 3.8) is 0 Å². The fourth-order valence-corrected chi connectivity index (χ4v) is 7.09. The Morgan fingerprint density at radius 1 is 0.397 bits per heavy atom. The summed E-state index contributed by atoms with van der Waals surface area (Å²) in [6.45, 7) is 21.7. The van der Waals surface area contributed by atoms with Crippen molar-refractivity contribution >= 4 is 17.7 Å². The second-order valence-electron chi connectivity index (χ2n) is 16.8. The first-order chi connectivity index (χ1) is 30.3. The first-order valence-electron chi connectivity index (χ1n) is 23.9. The number of nitrogens with zero attached hydrogens (tertiary/aromatic N) is 3. The number of carbonyl (C=O) groups excluding carboxylic acids is 3. The van der Waals surface area contributed by atoms with Gasteiger partial charge in [-0.2, -0.15) is 0 Å². The molecule has 3 aliphatic heterocycles. The van der Waals surface area contributed by atoms with Crippen LogP contribution in [0.15, 0.2) is 91.0 Å². The Labute approximate surface area is 384 Å². The Bertz CT molecular complexity index is 1480. The summed E-state index contributed by atoms with van der Waals surface area (Å²) in [5.41, 5.74) is 4.35. The maximum absolute atomic E-state index is 11.5. The molecule has 3 heterocycles. The van der Waals surface area contributed by atoms with E-state index in [1.54, 1.807) is 31.1 Å². The van der Waals surface area contributed by atoms with E-state index >= 15 is 0 Å². The molecule has 3 aliphatic rings. The van der Waals surface area contributed by atoms with Crippen LogP contribution in [0.4, 0.5) is 0 Å². The average Bonchev–Trinajstić information content (AvgIpc) is 3.66. The van der Waals surface area contributed by atoms with Crippen LogP contribution in [0.3, 0.4) is 0 Å². The summed E-state index contributed by atoms with van der Waals surface area (Å²) in [5.74, 6) is 2.81. The highest BCUT2D eigenvalue weighted by atomic mass is 16.5. The van der Waals surface area contributed by atoms with Crippen LogP contribution in [-0.2, 0) is 28.6 Å². The molecule has 0 saturated carbocycles. The Morgan fingerprint density at radius 2 is 0.651 bits per heavy atom. The normalized spacial score (nSPS) is 17.7. The number of amides is 3. The molecule has 9 heteroatoms. The van der Waals surface area contributed by atoms with Gasteiger partial charge in [-0.15, -0.1) is 0 Å². The van der Waals surface area contributed by atoms with Gasteiger partial charge in [-0.3, -0.25) is 14.4 Å². The smallest absolute Gasteiger partial charge is 0.224 e. The Kier molecular flexibility index (Phi) is 31.1. The molecule has 0 aromatic heterocycles. The zero-order valence-corrected chi connectivity index (χ0v) is 41.5. The third-order valence-electron chi connectivity index (χ3n) is 12.4. The van der Waals surface area contributed by atoms with Gasteiger partial charge >= 0.3 is 0 Å². The maximum atomic E-state index is 11.5. The van der Waals surface area contributed by atoms with Gasteiger partial charge < -0.3 is 28.9 Å². The molecule has 3 amide bonds. The molecule has 3 aromatic carbocycles. The Hall–Kier alpha value is -4.05. The van der Waals surface area contributed by atoms with Crippen molar-refractivity contribution in [2.24, 2.45) is 0 Å². The molecule has 0 bridgehead atoms. The fourth-order valence-electron chi connectivity index (χ4n) is 7.09. The summed E-state index contributed by atoms with van der Waals surface area (Å²) in [5, 5.41) is 0. The lowest BCUT2D eigenvalue weighted by molar-refractivity contribution is -0.145. The molecular weight excluding hydrogens is 787 g/mol. The fraction of sp³-hybridized carbons (Fsp3) is 0.611. The van der Waals surface area contributed by atoms with E-state index in [-0.39, 0.29) is 36.4 Å². The number of hydrogen-bond donors (Lipinski definition) is 0. The maximum Gasteiger partial charge on any atom is 0.224 e. The molecule has 3 aromatic rings. The molecule has 9 nitrogen and oxygen atoms in total. The highest BCUT2D eigenvalue weighted by Gasteiger charge is 2.25. The van der Waals surface area contributed by atoms with Crippen molar-refractivity contribution in [3.8, 4) is 0 Å². The third-order valence-corrected chi connectivity index (χ3v) is 12.4. The van der Waals surface area contributed by atoms with E-state index < -0.39 is 0 Å². The van der Waals surface area contributed by atoms with Gasteiger partial charge in [0.25, 0.3) is 0 Å². The second-order valence-corrected chi connectivity index (χ2v) is 16.8. The van der Waals surface area contributed by atoms with E-state index in [2.05, 4.69) is 133 Å². The van der Waals surface area contributed by atoms with Gasteiger partial charge in [-0.1, -0.05) is 139 Å². The number of piperidine rings is 1. The SMILES string of the molecule is CCC(C)c1ccccc1.CCC(C)c1ccccc1.CCC(C)c1ccccc1.COC(C)N1CCCC1=O.COC(C)N1CCCCC1=O.COC(C)N1CCCCCC1=O. The van der Waals surface area contributed by atoms with Crippen LogP contribution in [0.5, 0.6) is 0 Å². The first-order valence-corrected chi connectivity index (χ1v) is 23.9. The summed E-state index contributed by atoms with van der Waals surface area (Å²) < 4.78 is 15.2. The van der Waals surface area contributed by atoms with Gasteiger partial charge in [0.2, 0.25) is 17.7 Å². The topological polar surface area (TPSA) is 88.6 Å². The van der Waals surface area contributed by atoms with E-state index in [4.69, 9.17) is 14.2 Å². The Balaban J connectivity index is 0.000000378. The standard InChI is InChI=1S/3C10H14.C9H17NO2.C8H15NO2.C7H13NO2/c3*1-3-9(2)10-7-5-4-6-8-10;1-8(12-2)10-7-5-3-4-6-9(10)11;1-7(11-2)9-6-4-3-5-8(9)10;1-6(10-2)8-5-3-4-7(8)9/h3*4-9H,3H2,1-2H3;8H,3-7H2,1-2H3;7H,3-6H2,1-2H3;6H,3-5H2,1-2H3. The minimum atomic E-state index is -0.0596. The lowest BCUT2D eigenvalue weighted by Crippen LogP contribution is -2.42. The van der Waals surface area contributed by atoms with Crippen molar-refractivity contribution in [2.75, 3.05) is 41.0 Å². The number of carbonyl (C=O) groups is 3. The molecule has 0 N–H and O–H groups in total. The predicted molar refractivity (Wildman–Crippen MR) is 262 cm³/mol. The van der Waals surface area contributed by atoms with Crippen LogP contribution < -0.4 is 0 Å². The van der Waals surface area contributed by atoms with Crippen LogP contribution in [0.2, 0.25) is 0 Å². The van der Waals surface area contributed by atoms with E-state index in [9.17, 15) is 14.4 Å². The van der Waals surface area contributed by atoms with Gasteiger partial charge in [-0.25, -0.2) is 0 Å². The largest absolute Gasteiger partial charge is 0.362 e. The Morgan fingerprint density at radius 3 is 0.905 bits per heavy atom. The van der Waals surface area contributed by atoms with E-state index in [1.165, 1.54) is 42.4 Å². The summed E-state index contributed by atoms with van der Waals surface area (Å²) >= 11 is 0. The monoisotopic (exact) mass is 874 g/mol. The van der Waals surface area contributed by atoms with Crippen molar-refractivity contribution < 1.29 is 28.6 Å². The molecule has 6 atom stereocenters. The minimum absolute atomic E-state index is 0.0463. The number of hydrogen-bond acceptors (Lipinski definition) is 6. The highest BCUT2D eigenvalue weighted by molar-refractivity contribution is 5.78. The lowest BCUT2D eigenvalue weighted by atomic mass is 9.99. The highest BCUT2D eigenvalue weighted by Crippen LogP contribution is 2.19. The number of likely N-dealkylation sites (tertiary alicyclic amines) is 3. The predicted octanol–water partition coefficient (Wildman–Crippen LogP) is 12.6. The second kappa shape index (κ2) is 34.4. The quantitative estimate of drug-likeness (QED) is 0.180. The van der Waals surface area contributed by atoms with Crippen LogP contribution in [0, 0.1) is 0 Å². The molecule has 0 spiro atoms. The molecule has 6 unspecified atom stereocenters. The summed E-state index contributed by atoms with van der Waals surface area (Å²) in [6, 6.07) is 31.9. The van der Waals surface area contributed by atoms with Gasteiger partial charge in [0, 0.05) is 60.2 Å². The van der Waals surface area contributed by atoms with Crippen molar-refractivity contribution in [1.29, 1.82) is 0 Å². The van der Waals surface area contributed by atoms with E-state index in [0.29, 0.717) is 37.0 Å². The van der Waals surface area contributed by atoms with Crippen LogP contribution in [0.1, 0.15) is 174 Å². The summed E-state index contributed by atoms with van der Waals surface area (Å²) in [7, 11) is 4.89. The lowest BCUT2D eigenvalue weighted by Gasteiger charge is -2.31. The molecular formula is C54H87N3O6. The third kappa shape index (κ3) is 22.9. The van der Waals surface area contributed by atoms with Crippen molar-refractivity contribution in [2.45, 2.75) is 176 Å². The number of benzene rings is 3. The number of ether oxygens (including phenoxy) is 3. The van der Waals surface area contributed by atoms with Crippen molar-refractivity contribution in [1.82, 2.24) is 14.7 Å². The summed E-state index contributed by atoms with van der Waals surface area (Å²) in [6.07, 6.45) is 12.0. The molecule has 3 fully saturated rings. The van der Waals surface area contributed by atoms with Crippen LogP contribution in [-0.4, -0.2) is 92.1 Å². The average molecular weight is 874 g/mol. The zero-order valence-electron chi connectivity index (χ0n) is 41.5. The van der Waals surface area contributed by atoms with Crippen LogP contribution >= 0.6 is 0 Å². The van der Waals surface area contributed by atoms with Gasteiger partial charge in [0.15, 0.2) is 0 Å². The summed E-state index contributed by atoms with van der Waals surface area (Å²) in [4.78, 5) is 39.1. The molecule has 6 rings (SSSR count). The van der Waals surface area contributed by atoms with E-state index in [1.807, 2.05) is 25.7 Å².